The summed E-state index contributed by atoms with van der Waals surface area (Å²) in [5.41, 5.74) is 1.66. The zero-order valence-electron chi connectivity index (χ0n) is 15.8. The molecule has 3 rings (SSSR count). The molecule has 29 heavy (non-hydrogen) atoms. The first-order valence-corrected chi connectivity index (χ1v) is 10.4. The van der Waals surface area contributed by atoms with E-state index in [9.17, 15) is 13.2 Å². The van der Waals surface area contributed by atoms with Gasteiger partial charge in [-0.1, -0.05) is 18.2 Å². The Hall–Kier alpha value is -3.46. The molecule has 0 radical (unpaired) electrons. The van der Waals surface area contributed by atoms with Crippen molar-refractivity contribution in [2.45, 2.75) is 11.8 Å². The molecule has 3 aromatic rings. The molecule has 8 nitrogen and oxygen atoms in total. The number of sulfonamides is 1. The van der Waals surface area contributed by atoms with E-state index in [1.165, 1.54) is 18.2 Å². The lowest BCUT2D eigenvalue weighted by atomic mass is 10.2. The van der Waals surface area contributed by atoms with Crippen LogP contribution in [0, 0.1) is 6.92 Å². The summed E-state index contributed by atoms with van der Waals surface area (Å²) in [5, 5.41) is 5.71. The molecule has 3 N–H and O–H groups in total. The SMILES string of the molecule is Cc1cccc(NS(=O)(=O)c2cccc(C(=O)NCCNc3ncccn3)c2)c1. The molecule has 0 atom stereocenters. The average molecular weight is 411 g/mol. The number of hydrogen-bond donors (Lipinski definition) is 3. The van der Waals surface area contributed by atoms with E-state index < -0.39 is 10.0 Å². The molecule has 1 heterocycles. The Bertz CT molecular complexity index is 1090. The third-order valence-electron chi connectivity index (χ3n) is 3.94. The van der Waals surface area contributed by atoms with Crippen LogP contribution in [0.5, 0.6) is 0 Å². The summed E-state index contributed by atoms with van der Waals surface area (Å²) in [6.07, 6.45) is 3.23. The maximum Gasteiger partial charge on any atom is 0.261 e. The molecule has 2 aromatic carbocycles. The molecule has 0 saturated carbocycles. The van der Waals surface area contributed by atoms with Crippen molar-refractivity contribution >= 4 is 27.6 Å². The summed E-state index contributed by atoms with van der Waals surface area (Å²) in [6, 6.07) is 14.7. The normalized spacial score (nSPS) is 10.9. The van der Waals surface area contributed by atoms with Crippen LogP contribution in [0.15, 0.2) is 71.9 Å². The summed E-state index contributed by atoms with van der Waals surface area (Å²) in [7, 11) is -3.81. The van der Waals surface area contributed by atoms with Crippen LogP contribution in [0.4, 0.5) is 11.6 Å². The predicted octanol–water partition coefficient (Wildman–Crippen LogP) is 2.43. The highest BCUT2D eigenvalue weighted by Crippen LogP contribution is 2.18. The smallest absolute Gasteiger partial charge is 0.261 e. The standard InChI is InChI=1S/C20H21N5O3S/c1-15-5-2-7-17(13-15)25-29(27,28)18-8-3-6-16(14-18)19(26)21-11-12-24-20-22-9-4-10-23-20/h2-10,13-14,25H,11-12H2,1H3,(H,21,26)(H,22,23,24). The van der Waals surface area contributed by atoms with Gasteiger partial charge in [-0.15, -0.1) is 0 Å². The van der Waals surface area contributed by atoms with Gasteiger partial charge < -0.3 is 10.6 Å². The van der Waals surface area contributed by atoms with Crippen molar-refractivity contribution in [3.8, 4) is 0 Å². The Morgan fingerprint density at radius 3 is 2.48 bits per heavy atom. The monoisotopic (exact) mass is 411 g/mol. The number of carbonyl (C=O) groups is 1. The number of benzene rings is 2. The van der Waals surface area contributed by atoms with E-state index in [0.29, 0.717) is 24.7 Å². The van der Waals surface area contributed by atoms with Crippen molar-refractivity contribution in [1.82, 2.24) is 15.3 Å². The van der Waals surface area contributed by atoms with Gasteiger partial charge in [-0.2, -0.15) is 0 Å². The minimum Gasteiger partial charge on any atom is -0.352 e. The van der Waals surface area contributed by atoms with E-state index >= 15 is 0 Å². The summed E-state index contributed by atoms with van der Waals surface area (Å²) in [6.45, 7) is 2.64. The third kappa shape index (κ3) is 5.76. The van der Waals surface area contributed by atoms with Gasteiger partial charge in [0.25, 0.3) is 15.9 Å². The van der Waals surface area contributed by atoms with Gasteiger partial charge in [0.1, 0.15) is 0 Å². The highest BCUT2D eigenvalue weighted by molar-refractivity contribution is 7.92. The molecule has 9 heteroatoms. The summed E-state index contributed by atoms with van der Waals surface area (Å²) < 4.78 is 27.8. The van der Waals surface area contributed by atoms with Gasteiger partial charge in [-0.05, 0) is 48.9 Å². The molecule has 0 aliphatic rings. The van der Waals surface area contributed by atoms with Gasteiger partial charge in [0.2, 0.25) is 5.95 Å². The Morgan fingerprint density at radius 1 is 0.966 bits per heavy atom. The van der Waals surface area contributed by atoms with Crippen molar-refractivity contribution < 1.29 is 13.2 Å². The van der Waals surface area contributed by atoms with Gasteiger partial charge in [0.05, 0.1) is 4.90 Å². The van der Waals surface area contributed by atoms with Crippen LogP contribution in [0.1, 0.15) is 15.9 Å². The molecule has 0 bridgehead atoms. The maximum absolute atomic E-state index is 12.6. The molecule has 0 aliphatic carbocycles. The Kier molecular flexibility index (Phi) is 6.40. The molecule has 1 amide bonds. The number of aromatic nitrogens is 2. The van der Waals surface area contributed by atoms with Crippen LogP contribution in [0.3, 0.4) is 0 Å². The number of nitrogens with zero attached hydrogens (tertiary/aromatic N) is 2. The van der Waals surface area contributed by atoms with Gasteiger partial charge >= 0.3 is 0 Å². The van der Waals surface area contributed by atoms with Crippen LogP contribution >= 0.6 is 0 Å². The van der Waals surface area contributed by atoms with Crippen molar-refractivity contribution in [3.63, 3.8) is 0 Å². The highest BCUT2D eigenvalue weighted by Gasteiger charge is 2.16. The van der Waals surface area contributed by atoms with Gasteiger partial charge in [-0.25, -0.2) is 18.4 Å². The van der Waals surface area contributed by atoms with Crippen molar-refractivity contribution in [1.29, 1.82) is 0 Å². The minimum absolute atomic E-state index is 0.0162. The second-order valence-corrected chi connectivity index (χ2v) is 7.94. The molecule has 0 aliphatic heterocycles. The maximum atomic E-state index is 12.6. The van der Waals surface area contributed by atoms with Crippen LogP contribution < -0.4 is 15.4 Å². The van der Waals surface area contributed by atoms with Gasteiger partial charge in [-0.3, -0.25) is 9.52 Å². The van der Waals surface area contributed by atoms with E-state index in [1.54, 1.807) is 42.7 Å². The molecular weight excluding hydrogens is 390 g/mol. The average Bonchev–Trinajstić information content (AvgIpc) is 2.71. The van der Waals surface area contributed by atoms with E-state index in [-0.39, 0.29) is 16.4 Å². The quantitative estimate of drug-likeness (QED) is 0.491. The number of hydrogen-bond acceptors (Lipinski definition) is 6. The lowest BCUT2D eigenvalue weighted by molar-refractivity contribution is 0.0955. The van der Waals surface area contributed by atoms with Gasteiger partial charge in [0.15, 0.2) is 0 Å². The van der Waals surface area contributed by atoms with Crippen molar-refractivity contribution in [3.05, 3.63) is 78.1 Å². The summed E-state index contributed by atoms with van der Waals surface area (Å²) in [4.78, 5) is 20.4. The molecule has 0 fully saturated rings. The number of rotatable bonds is 8. The van der Waals surface area contributed by atoms with Crippen LogP contribution in [0.2, 0.25) is 0 Å². The molecular formula is C20H21N5O3S. The summed E-state index contributed by atoms with van der Waals surface area (Å²) in [5.74, 6) is 0.102. The lowest BCUT2D eigenvalue weighted by Gasteiger charge is -2.10. The first-order chi connectivity index (χ1) is 13.9. The lowest BCUT2D eigenvalue weighted by Crippen LogP contribution is -2.29. The van der Waals surface area contributed by atoms with Crippen molar-refractivity contribution in [2.75, 3.05) is 23.1 Å². The predicted molar refractivity (Wildman–Crippen MR) is 111 cm³/mol. The van der Waals surface area contributed by atoms with Crippen LogP contribution in [-0.2, 0) is 10.0 Å². The number of carbonyl (C=O) groups excluding carboxylic acids is 1. The van der Waals surface area contributed by atoms with E-state index in [2.05, 4.69) is 25.3 Å². The molecule has 0 spiro atoms. The minimum atomic E-state index is -3.81. The Morgan fingerprint density at radius 2 is 1.72 bits per heavy atom. The van der Waals surface area contributed by atoms with E-state index in [4.69, 9.17) is 0 Å². The number of amides is 1. The topological polar surface area (TPSA) is 113 Å². The Balaban J connectivity index is 1.61. The second-order valence-electron chi connectivity index (χ2n) is 6.26. The molecule has 1 aromatic heterocycles. The number of nitrogens with one attached hydrogen (secondary N) is 3. The number of anilines is 2. The first kappa shape index (κ1) is 20.3. The fraction of sp³-hybridized carbons (Fsp3) is 0.150. The molecule has 0 unspecified atom stereocenters. The molecule has 150 valence electrons. The van der Waals surface area contributed by atoms with E-state index in [1.807, 2.05) is 13.0 Å². The van der Waals surface area contributed by atoms with E-state index in [0.717, 1.165) is 5.56 Å². The van der Waals surface area contributed by atoms with Crippen molar-refractivity contribution in [2.24, 2.45) is 0 Å². The molecule has 0 saturated heterocycles. The van der Waals surface area contributed by atoms with Crippen LogP contribution in [-0.4, -0.2) is 37.4 Å². The summed E-state index contributed by atoms with van der Waals surface area (Å²) >= 11 is 0. The zero-order valence-corrected chi connectivity index (χ0v) is 16.6. The third-order valence-corrected chi connectivity index (χ3v) is 5.32. The zero-order chi connectivity index (χ0) is 20.7. The fourth-order valence-corrected chi connectivity index (χ4v) is 3.66. The number of aryl methyl sites for hydroxylation is 1. The van der Waals surface area contributed by atoms with Gasteiger partial charge in [0, 0.05) is 36.7 Å². The largest absolute Gasteiger partial charge is 0.352 e. The van der Waals surface area contributed by atoms with Crippen LogP contribution in [0.25, 0.3) is 0 Å². The Labute approximate surface area is 169 Å². The second kappa shape index (κ2) is 9.16. The highest BCUT2D eigenvalue weighted by atomic mass is 32.2. The first-order valence-electron chi connectivity index (χ1n) is 8.93. The fourth-order valence-electron chi connectivity index (χ4n) is 2.57.